The summed E-state index contributed by atoms with van der Waals surface area (Å²) in [6.07, 6.45) is 3.36. The molecule has 2 aliphatic rings. The minimum Gasteiger partial charge on any atom is -0.352 e. The van der Waals surface area contributed by atoms with E-state index in [-0.39, 0.29) is 23.1 Å². The highest BCUT2D eigenvalue weighted by molar-refractivity contribution is 5.79. The number of hydrogen-bond donors (Lipinski definition) is 1. The highest BCUT2D eigenvalue weighted by Crippen LogP contribution is 2.26. The molecule has 0 aliphatic carbocycles. The largest absolute Gasteiger partial charge is 0.352 e. The van der Waals surface area contributed by atoms with Gasteiger partial charge in [0, 0.05) is 38.2 Å². The molecule has 5 rings (SSSR count). The summed E-state index contributed by atoms with van der Waals surface area (Å²) in [7, 11) is 0. The molecule has 8 nitrogen and oxygen atoms in total. The molecule has 2 aliphatic heterocycles. The smallest absolute Gasteiger partial charge is 0.241 e. The van der Waals surface area contributed by atoms with Crippen LogP contribution >= 0.6 is 0 Å². The Morgan fingerprint density at radius 2 is 1.79 bits per heavy atom. The molecule has 3 heterocycles. The zero-order chi connectivity index (χ0) is 27.4. The van der Waals surface area contributed by atoms with Crippen LogP contribution in [0.5, 0.6) is 0 Å². The number of nitrogens with one attached hydrogen (secondary N) is 1. The van der Waals surface area contributed by atoms with Crippen LogP contribution < -0.4 is 5.32 Å². The van der Waals surface area contributed by atoms with E-state index in [2.05, 4.69) is 53.3 Å². The van der Waals surface area contributed by atoms with Crippen LogP contribution in [0.4, 0.5) is 0 Å². The van der Waals surface area contributed by atoms with Crippen LogP contribution in [0.1, 0.15) is 69.0 Å². The average molecular weight is 530 g/mol. The second-order valence-electron chi connectivity index (χ2n) is 11.8. The molecule has 39 heavy (non-hydrogen) atoms. The summed E-state index contributed by atoms with van der Waals surface area (Å²) in [4.78, 5) is 33.9. The van der Waals surface area contributed by atoms with Gasteiger partial charge in [0.1, 0.15) is 0 Å². The molecule has 206 valence electrons. The lowest BCUT2D eigenvalue weighted by atomic mass is 9.87. The van der Waals surface area contributed by atoms with Gasteiger partial charge in [-0.2, -0.15) is 4.98 Å². The lowest BCUT2D eigenvalue weighted by Crippen LogP contribution is -2.42. The number of hydrogen-bond acceptors (Lipinski definition) is 6. The van der Waals surface area contributed by atoms with E-state index in [1.165, 1.54) is 5.56 Å². The maximum atomic E-state index is 13.1. The van der Waals surface area contributed by atoms with E-state index >= 15 is 0 Å². The molecule has 3 aromatic rings. The Balaban J connectivity index is 1.14. The third-order valence-electron chi connectivity index (χ3n) is 7.82. The SMILES string of the molecule is CC(C)(C)c1ccc(-c2noc(CN3CCCC(C(=O)NCc4ccccc4CN4CCCC4=O)C3)n2)cc1. The summed E-state index contributed by atoms with van der Waals surface area (Å²) < 4.78 is 5.56. The summed E-state index contributed by atoms with van der Waals surface area (Å²) in [6, 6.07) is 16.4. The first-order valence-corrected chi connectivity index (χ1v) is 14.0. The topological polar surface area (TPSA) is 91.6 Å². The van der Waals surface area contributed by atoms with Gasteiger partial charge in [-0.15, -0.1) is 0 Å². The summed E-state index contributed by atoms with van der Waals surface area (Å²) >= 11 is 0. The first-order valence-electron chi connectivity index (χ1n) is 14.0. The van der Waals surface area contributed by atoms with Gasteiger partial charge in [0.05, 0.1) is 12.5 Å². The van der Waals surface area contributed by atoms with Crippen molar-refractivity contribution in [3.63, 3.8) is 0 Å². The standard InChI is InChI=1S/C31H39N5O3/c1-31(2,3)26-14-12-22(13-15-26)29-33-27(39-34-29)21-35-16-6-10-25(19-35)30(38)32-18-23-8-4-5-9-24(23)20-36-17-7-11-28(36)37/h4-5,8-9,12-15,25H,6-7,10-11,16-21H2,1-3H3,(H,32,38). The molecule has 2 amide bonds. The number of piperidine rings is 1. The van der Waals surface area contributed by atoms with Gasteiger partial charge >= 0.3 is 0 Å². The van der Waals surface area contributed by atoms with Gasteiger partial charge < -0.3 is 14.7 Å². The van der Waals surface area contributed by atoms with Crippen LogP contribution in [0.25, 0.3) is 11.4 Å². The molecule has 1 atom stereocenters. The highest BCUT2D eigenvalue weighted by Gasteiger charge is 2.27. The third kappa shape index (κ3) is 6.74. The molecule has 1 aromatic heterocycles. The van der Waals surface area contributed by atoms with Crippen molar-refractivity contribution in [1.29, 1.82) is 0 Å². The Bertz CT molecular complexity index is 1290. The maximum Gasteiger partial charge on any atom is 0.241 e. The van der Waals surface area contributed by atoms with Gasteiger partial charge in [-0.3, -0.25) is 14.5 Å². The number of rotatable bonds is 8. The quantitative estimate of drug-likeness (QED) is 0.455. The number of aromatic nitrogens is 2. The lowest BCUT2D eigenvalue weighted by molar-refractivity contribution is -0.128. The van der Waals surface area contributed by atoms with E-state index in [9.17, 15) is 9.59 Å². The van der Waals surface area contributed by atoms with Crippen LogP contribution in [-0.2, 0) is 34.6 Å². The van der Waals surface area contributed by atoms with Crippen molar-refractivity contribution in [3.8, 4) is 11.4 Å². The predicted molar refractivity (Wildman–Crippen MR) is 149 cm³/mol. The summed E-state index contributed by atoms with van der Waals surface area (Å²) in [5, 5.41) is 7.34. The molecule has 2 fully saturated rings. The Morgan fingerprint density at radius 1 is 1.03 bits per heavy atom. The zero-order valence-corrected chi connectivity index (χ0v) is 23.3. The lowest BCUT2D eigenvalue weighted by Gasteiger charge is -2.31. The van der Waals surface area contributed by atoms with Gasteiger partial charge in [0.15, 0.2) is 0 Å². The number of carbonyl (C=O) groups is 2. The van der Waals surface area contributed by atoms with E-state index in [0.717, 1.165) is 49.0 Å². The molecular formula is C31H39N5O3. The molecule has 0 spiro atoms. The van der Waals surface area contributed by atoms with Gasteiger partial charge in [-0.05, 0) is 47.9 Å². The number of nitrogens with zero attached hydrogens (tertiary/aromatic N) is 4. The molecule has 1 unspecified atom stereocenters. The van der Waals surface area contributed by atoms with Crippen LogP contribution in [0.15, 0.2) is 53.1 Å². The van der Waals surface area contributed by atoms with Crippen molar-refractivity contribution < 1.29 is 14.1 Å². The van der Waals surface area contributed by atoms with E-state index in [0.29, 0.717) is 44.3 Å². The predicted octanol–water partition coefficient (Wildman–Crippen LogP) is 4.68. The van der Waals surface area contributed by atoms with Crippen molar-refractivity contribution in [2.24, 2.45) is 5.92 Å². The van der Waals surface area contributed by atoms with Gasteiger partial charge in [-0.1, -0.05) is 74.5 Å². The van der Waals surface area contributed by atoms with Crippen molar-refractivity contribution in [2.75, 3.05) is 19.6 Å². The third-order valence-corrected chi connectivity index (χ3v) is 7.82. The Morgan fingerprint density at radius 3 is 2.51 bits per heavy atom. The van der Waals surface area contributed by atoms with Crippen LogP contribution in [0.3, 0.4) is 0 Å². The molecule has 2 aromatic carbocycles. The van der Waals surface area contributed by atoms with E-state index < -0.39 is 0 Å². The normalized spacial score (nSPS) is 18.5. The second-order valence-corrected chi connectivity index (χ2v) is 11.8. The first-order chi connectivity index (χ1) is 18.8. The number of amides is 2. The van der Waals surface area contributed by atoms with Crippen LogP contribution in [0, 0.1) is 5.92 Å². The summed E-state index contributed by atoms with van der Waals surface area (Å²) in [5.74, 6) is 1.35. The fourth-order valence-corrected chi connectivity index (χ4v) is 5.45. The molecule has 1 N–H and O–H groups in total. The van der Waals surface area contributed by atoms with Gasteiger partial charge in [-0.25, -0.2) is 0 Å². The minimum absolute atomic E-state index is 0.0666. The average Bonchev–Trinajstić information content (AvgIpc) is 3.56. The van der Waals surface area contributed by atoms with Crippen molar-refractivity contribution in [2.45, 2.75) is 71.5 Å². The second kappa shape index (κ2) is 11.7. The number of carbonyl (C=O) groups excluding carboxylic acids is 2. The van der Waals surface area contributed by atoms with Crippen LogP contribution in [-0.4, -0.2) is 51.4 Å². The fourth-order valence-electron chi connectivity index (χ4n) is 5.45. The molecule has 0 bridgehead atoms. The van der Waals surface area contributed by atoms with Crippen molar-refractivity contribution >= 4 is 11.8 Å². The Labute approximate surface area is 230 Å². The Kier molecular flexibility index (Phi) is 8.12. The first kappa shape index (κ1) is 27.1. The van der Waals surface area contributed by atoms with E-state index in [1.807, 2.05) is 41.3 Å². The van der Waals surface area contributed by atoms with Crippen molar-refractivity contribution in [1.82, 2.24) is 25.3 Å². The highest BCUT2D eigenvalue weighted by atomic mass is 16.5. The molecule has 2 saturated heterocycles. The van der Waals surface area contributed by atoms with Crippen LogP contribution in [0.2, 0.25) is 0 Å². The fraction of sp³-hybridized carbons (Fsp3) is 0.484. The monoisotopic (exact) mass is 529 g/mol. The molecule has 0 saturated carbocycles. The molecule has 0 radical (unpaired) electrons. The molecule has 8 heteroatoms. The Hall–Kier alpha value is -3.52. The summed E-state index contributed by atoms with van der Waals surface area (Å²) in [6.45, 7) is 10.5. The van der Waals surface area contributed by atoms with E-state index in [1.54, 1.807) is 0 Å². The number of likely N-dealkylation sites (tertiary alicyclic amines) is 2. The number of benzene rings is 2. The summed E-state index contributed by atoms with van der Waals surface area (Å²) in [5.41, 5.74) is 4.45. The van der Waals surface area contributed by atoms with Gasteiger partial charge in [0.25, 0.3) is 0 Å². The minimum atomic E-state index is -0.0848. The van der Waals surface area contributed by atoms with E-state index in [4.69, 9.17) is 4.52 Å². The zero-order valence-electron chi connectivity index (χ0n) is 23.3. The maximum absolute atomic E-state index is 13.1. The van der Waals surface area contributed by atoms with Gasteiger partial charge in [0.2, 0.25) is 23.5 Å². The molecular weight excluding hydrogens is 490 g/mol. The van der Waals surface area contributed by atoms with Crippen molar-refractivity contribution in [3.05, 3.63) is 71.1 Å².